The van der Waals surface area contributed by atoms with Crippen molar-refractivity contribution in [2.45, 2.75) is 25.3 Å². The SMILES string of the molecule is O=C(NCc1ccc([N+](=O)[O-])cc1)c1n[nH]c(C2CC2)n1. The average molecular weight is 287 g/mol. The predicted octanol–water partition coefficient (Wildman–Crippen LogP) is 1.52. The molecule has 1 heterocycles. The van der Waals surface area contributed by atoms with E-state index in [0.29, 0.717) is 5.92 Å². The van der Waals surface area contributed by atoms with Gasteiger partial charge in [-0.1, -0.05) is 12.1 Å². The number of carbonyl (C=O) groups is 1. The molecule has 0 aliphatic heterocycles. The van der Waals surface area contributed by atoms with E-state index in [1.807, 2.05) is 0 Å². The van der Waals surface area contributed by atoms with Gasteiger partial charge in [-0.05, 0) is 18.4 Å². The maximum Gasteiger partial charge on any atom is 0.291 e. The van der Waals surface area contributed by atoms with Crippen molar-refractivity contribution in [3.63, 3.8) is 0 Å². The van der Waals surface area contributed by atoms with Gasteiger partial charge in [0.25, 0.3) is 11.6 Å². The van der Waals surface area contributed by atoms with E-state index in [1.54, 1.807) is 12.1 Å². The van der Waals surface area contributed by atoms with E-state index in [-0.39, 0.29) is 24.0 Å². The Labute approximate surface area is 119 Å². The number of aromatic nitrogens is 3. The minimum absolute atomic E-state index is 0.0214. The normalized spacial score (nSPS) is 13.9. The van der Waals surface area contributed by atoms with Gasteiger partial charge in [0.15, 0.2) is 0 Å². The highest BCUT2D eigenvalue weighted by atomic mass is 16.6. The summed E-state index contributed by atoms with van der Waals surface area (Å²) >= 11 is 0. The van der Waals surface area contributed by atoms with Gasteiger partial charge >= 0.3 is 0 Å². The minimum Gasteiger partial charge on any atom is -0.345 e. The molecule has 0 radical (unpaired) electrons. The van der Waals surface area contributed by atoms with Gasteiger partial charge < -0.3 is 5.32 Å². The second kappa shape index (κ2) is 5.31. The number of hydrogen-bond donors (Lipinski definition) is 2. The van der Waals surface area contributed by atoms with Gasteiger partial charge in [0, 0.05) is 24.6 Å². The van der Waals surface area contributed by atoms with Gasteiger partial charge in [-0.25, -0.2) is 4.98 Å². The van der Waals surface area contributed by atoms with E-state index in [1.165, 1.54) is 12.1 Å². The molecule has 3 rings (SSSR count). The molecule has 1 aromatic heterocycles. The van der Waals surface area contributed by atoms with Crippen molar-refractivity contribution in [3.05, 3.63) is 51.6 Å². The average Bonchev–Trinajstić information content (AvgIpc) is 3.22. The molecule has 0 spiro atoms. The van der Waals surface area contributed by atoms with Crippen molar-refractivity contribution in [2.75, 3.05) is 0 Å². The number of amides is 1. The van der Waals surface area contributed by atoms with Crippen LogP contribution in [-0.4, -0.2) is 26.0 Å². The minimum atomic E-state index is -0.463. The highest BCUT2D eigenvalue weighted by Crippen LogP contribution is 2.37. The summed E-state index contributed by atoms with van der Waals surface area (Å²) in [5.74, 6) is 0.930. The molecule has 21 heavy (non-hydrogen) atoms. The molecular formula is C13H13N5O3. The first-order valence-electron chi connectivity index (χ1n) is 6.57. The van der Waals surface area contributed by atoms with Crippen LogP contribution in [0.4, 0.5) is 5.69 Å². The van der Waals surface area contributed by atoms with E-state index in [2.05, 4.69) is 20.5 Å². The Bertz CT molecular complexity index is 675. The number of carbonyl (C=O) groups excluding carboxylic acids is 1. The number of rotatable bonds is 5. The third kappa shape index (κ3) is 3.04. The summed E-state index contributed by atoms with van der Waals surface area (Å²) in [6.45, 7) is 0.268. The van der Waals surface area contributed by atoms with Crippen molar-refractivity contribution < 1.29 is 9.72 Å². The van der Waals surface area contributed by atoms with Crippen LogP contribution >= 0.6 is 0 Å². The first kappa shape index (κ1) is 13.2. The topological polar surface area (TPSA) is 114 Å². The number of hydrogen-bond acceptors (Lipinski definition) is 5. The number of nitro benzene ring substituents is 1. The largest absolute Gasteiger partial charge is 0.345 e. The van der Waals surface area contributed by atoms with Crippen molar-refractivity contribution in [3.8, 4) is 0 Å². The highest BCUT2D eigenvalue weighted by Gasteiger charge is 2.28. The lowest BCUT2D eigenvalue weighted by Gasteiger charge is -2.02. The van der Waals surface area contributed by atoms with E-state index in [4.69, 9.17) is 0 Å². The molecule has 8 nitrogen and oxygen atoms in total. The summed E-state index contributed by atoms with van der Waals surface area (Å²) in [6, 6.07) is 6.01. The molecule has 1 amide bonds. The zero-order valence-electron chi connectivity index (χ0n) is 11.1. The maximum absolute atomic E-state index is 11.9. The smallest absolute Gasteiger partial charge is 0.291 e. The van der Waals surface area contributed by atoms with Gasteiger partial charge in [0.2, 0.25) is 5.82 Å². The van der Waals surface area contributed by atoms with Gasteiger partial charge in [0.1, 0.15) is 5.82 Å². The lowest BCUT2D eigenvalue weighted by molar-refractivity contribution is -0.384. The van der Waals surface area contributed by atoms with Gasteiger partial charge in [-0.15, -0.1) is 5.10 Å². The van der Waals surface area contributed by atoms with E-state index < -0.39 is 4.92 Å². The predicted molar refractivity (Wildman–Crippen MR) is 72.6 cm³/mol. The van der Waals surface area contributed by atoms with Crippen LogP contribution in [0.3, 0.4) is 0 Å². The van der Waals surface area contributed by atoms with Crippen LogP contribution < -0.4 is 5.32 Å². The van der Waals surface area contributed by atoms with Gasteiger partial charge in [0.05, 0.1) is 4.92 Å². The molecule has 0 saturated heterocycles. The van der Waals surface area contributed by atoms with Crippen LogP contribution in [0, 0.1) is 10.1 Å². The fourth-order valence-corrected chi connectivity index (χ4v) is 1.91. The monoisotopic (exact) mass is 287 g/mol. The third-order valence-electron chi connectivity index (χ3n) is 3.27. The molecule has 0 atom stereocenters. The first-order chi connectivity index (χ1) is 10.1. The van der Waals surface area contributed by atoms with Gasteiger partial charge in [-0.3, -0.25) is 20.0 Å². The van der Waals surface area contributed by atoms with Crippen molar-refractivity contribution >= 4 is 11.6 Å². The fourth-order valence-electron chi connectivity index (χ4n) is 1.91. The Morgan fingerprint density at radius 2 is 2.10 bits per heavy atom. The third-order valence-corrected chi connectivity index (χ3v) is 3.27. The van der Waals surface area contributed by atoms with Crippen molar-refractivity contribution in [2.24, 2.45) is 0 Å². The molecule has 1 fully saturated rings. The lowest BCUT2D eigenvalue weighted by atomic mass is 10.2. The summed E-state index contributed by atoms with van der Waals surface area (Å²) in [6.07, 6.45) is 2.16. The first-order valence-corrected chi connectivity index (χ1v) is 6.57. The molecule has 1 aliphatic carbocycles. The van der Waals surface area contributed by atoms with Crippen LogP contribution in [0.25, 0.3) is 0 Å². The summed E-state index contributed by atoms with van der Waals surface area (Å²) in [4.78, 5) is 26.1. The number of nitrogens with one attached hydrogen (secondary N) is 2. The quantitative estimate of drug-likeness (QED) is 0.639. The number of H-pyrrole nitrogens is 1. The highest BCUT2D eigenvalue weighted by molar-refractivity contribution is 5.90. The summed E-state index contributed by atoms with van der Waals surface area (Å²) in [5, 5.41) is 19.9. The lowest BCUT2D eigenvalue weighted by Crippen LogP contribution is -2.24. The molecule has 0 unspecified atom stereocenters. The van der Waals surface area contributed by atoms with Crippen molar-refractivity contribution in [1.29, 1.82) is 0 Å². The Morgan fingerprint density at radius 1 is 1.38 bits per heavy atom. The Balaban J connectivity index is 1.58. The molecule has 1 saturated carbocycles. The number of benzene rings is 1. The fraction of sp³-hybridized carbons (Fsp3) is 0.308. The van der Waals surface area contributed by atoms with Crippen molar-refractivity contribution in [1.82, 2.24) is 20.5 Å². The van der Waals surface area contributed by atoms with E-state index in [9.17, 15) is 14.9 Å². The molecule has 1 aromatic carbocycles. The Morgan fingerprint density at radius 3 is 2.71 bits per heavy atom. The molecule has 0 bridgehead atoms. The van der Waals surface area contributed by atoms with Gasteiger partial charge in [-0.2, -0.15) is 0 Å². The number of aromatic amines is 1. The number of non-ortho nitro benzene ring substituents is 1. The maximum atomic E-state index is 11.9. The number of nitro groups is 1. The Hall–Kier alpha value is -2.77. The summed E-state index contributed by atoms with van der Waals surface area (Å²) in [7, 11) is 0. The van der Waals surface area contributed by atoms with Crippen LogP contribution in [-0.2, 0) is 6.54 Å². The number of nitrogens with zero attached hydrogens (tertiary/aromatic N) is 3. The summed E-state index contributed by atoms with van der Waals surface area (Å²) in [5.41, 5.74) is 0.792. The van der Waals surface area contributed by atoms with Crippen LogP contribution in [0.2, 0.25) is 0 Å². The van der Waals surface area contributed by atoms with Crippen LogP contribution in [0.5, 0.6) is 0 Å². The molecule has 108 valence electrons. The van der Waals surface area contributed by atoms with E-state index in [0.717, 1.165) is 24.2 Å². The summed E-state index contributed by atoms with van der Waals surface area (Å²) < 4.78 is 0. The molecule has 8 heteroatoms. The Kier molecular flexibility index (Phi) is 3.35. The standard InChI is InChI=1S/C13H13N5O3/c19-13(12-15-11(16-17-12)9-3-4-9)14-7-8-1-5-10(6-2-8)18(20)21/h1-2,5-6,9H,3-4,7H2,(H,14,19)(H,15,16,17). The molecular weight excluding hydrogens is 274 g/mol. The molecule has 2 aromatic rings. The van der Waals surface area contributed by atoms with E-state index >= 15 is 0 Å². The van der Waals surface area contributed by atoms with Crippen LogP contribution in [0.1, 0.15) is 40.8 Å². The molecule has 2 N–H and O–H groups in total. The second-order valence-corrected chi connectivity index (χ2v) is 4.92. The van der Waals surface area contributed by atoms with Crippen LogP contribution in [0.15, 0.2) is 24.3 Å². The second-order valence-electron chi connectivity index (χ2n) is 4.92. The molecule has 1 aliphatic rings. The zero-order chi connectivity index (χ0) is 14.8. The zero-order valence-corrected chi connectivity index (χ0v) is 11.1.